The van der Waals surface area contributed by atoms with Gasteiger partial charge in [0.25, 0.3) is 0 Å². The summed E-state index contributed by atoms with van der Waals surface area (Å²) in [5, 5.41) is 0. The van der Waals surface area contributed by atoms with Gasteiger partial charge < -0.3 is 9.15 Å². The smallest absolute Gasteiger partial charge is 0.417 e. The number of fused-ring (bicyclic) bond motifs is 1. The Morgan fingerprint density at radius 2 is 2.25 bits per heavy atom. The highest BCUT2D eigenvalue weighted by molar-refractivity contribution is 5.79. The van der Waals surface area contributed by atoms with Crippen LogP contribution in [0.2, 0.25) is 0 Å². The van der Waals surface area contributed by atoms with Crippen molar-refractivity contribution in [2.24, 2.45) is 5.92 Å². The van der Waals surface area contributed by atoms with Crippen LogP contribution >= 0.6 is 0 Å². The van der Waals surface area contributed by atoms with E-state index in [0.29, 0.717) is 16.8 Å². The van der Waals surface area contributed by atoms with Crippen LogP contribution in [0.3, 0.4) is 0 Å². The van der Waals surface area contributed by atoms with Gasteiger partial charge in [0.2, 0.25) is 0 Å². The molecule has 0 bridgehead atoms. The molecule has 0 saturated heterocycles. The molecule has 1 saturated carbocycles. The summed E-state index contributed by atoms with van der Waals surface area (Å²) in [5.74, 6) is -0.230. The Morgan fingerprint density at radius 1 is 1.44 bits per heavy atom. The molecule has 1 aromatic carbocycles. The second-order valence-electron chi connectivity index (χ2n) is 3.87. The Bertz CT molecular complexity index is 606. The zero-order valence-corrected chi connectivity index (χ0v) is 8.36. The molecule has 5 nitrogen and oxygen atoms in total. The van der Waals surface area contributed by atoms with E-state index in [1.165, 1.54) is 0 Å². The van der Waals surface area contributed by atoms with E-state index in [-0.39, 0.29) is 11.9 Å². The van der Waals surface area contributed by atoms with Crippen molar-refractivity contribution in [3.63, 3.8) is 0 Å². The Morgan fingerprint density at radius 3 is 3.00 bits per heavy atom. The Hall–Kier alpha value is -2.04. The van der Waals surface area contributed by atoms with Gasteiger partial charge in [0.1, 0.15) is 5.75 Å². The number of rotatable bonds is 2. The number of ether oxygens (including phenoxy) is 1. The van der Waals surface area contributed by atoms with Crippen molar-refractivity contribution in [1.29, 1.82) is 0 Å². The number of aromatic amines is 1. The number of benzene rings is 1. The fourth-order valence-corrected chi connectivity index (χ4v) is 1.51. The minimum Gasteiger partial charge on any atom is -0.426 e. The summed E-state index contributed by atoms with van der Waals surface area (Å²) in [4.78, 5) is 24.8. The Kier molecular flexibility index (Phi) is 1.86. The van der Waals surface area contributed by atoms with E-state index < -0.39 is 5.76 Å². The molecule has 82 valence electrons. The second kappa shape index (κ2) is 3.23. The maximum Gasteiger partial charge on any atom is 0.417 e. The zero-order valence-electron chi connectivity index (χ0n) is 8.36. The first-order valence-corrected chi connectivity index (χ1v) is 5.07. The fraction of sp³-hybridized carbons (Fsp3) is 0.273. The summed E-state index contributed by atoms with van der Waals surface area (Å²) in [6.45, 7) is 0. The third-order valence-corrected chi connectivity index (χ3v) is 2.52. The largest absolute Gasteiger partial charge is 0.426 e. The molecule has 1 heterocycles. The first kappa shape index (κ1) is 9.21. The molecule has 0 aliphatic heterocycles. The van der Waals surface area contributed by atoms with Gasteiger partial charge in [-0.25, -0.2) is 4.79 Å². The molecular formula is C11H9NO4. The van der Waals surface area contributed by atoms with Crippen molar-refractivity contribution in [3.05, 3.63) is 28.7 Å². The summed E-state index contributed by atoms with van der Waals surface area (Å²) in [6.07, 6.45) is 1.81. The van der Waals surface area contributed by atoms with E-state index in [2.05, 4.69) is 4.98 Å². The lowest BCUT2D eigenvalue weighted by Crippen LogP contribution is -2.09. The minimum absolute atomic E-state index is 0.0547. The maximum atomic E-state index is 11.4. The van der Waals surface area contributed by atoms with Crippen LogP contribution in [-0.2, 0) is 4.79 Å². The zero-order chi connectivity index (χ0) is 11.1. The topological polar surface area (TPSA) is 72.3 Å². The third-order valence-electron chi connectivity index (χ3n) is 2.52. The van der Waals surface area contributed by atoms with Crippen LogP contribution in [0.1, 0.15) is 12.8 Å². The molecule has 1 aromatic heterocycles. The van der Waals surface area contributed by atoms with Gasteiger partial charge in [0.05, 0.1) is 11.4 Å². The second-order valence-corrected chi connectivity index (χ2v) is 3.87. The lowest BCUT2D eigenvalue weighted by Gasteiger charge is -2.01. The van der Waals surface area contributed by atoms with Gasteiger partial charge in [-0.1, -0.05) is 0 Å². The highest BCUT2D eigenvalue weighted by Gasteiger charge is 2.31. The average molecular weight is 219 g/mol. The molecule has 1 fully saturated rings. The van der Waals surface area contributed by atoms with Gasteiger partial charge >= 0.3 is 11.7 Å². The molecule has 0 spiro atoms. The van der Waals surface area contributed by atoms with Gasteiger partial charge in [0.15, 0.2) is 5.58 Å². The van der Waals surface area contributed by atoms with Crippen molar-refractivity contribution in [3.8, 4) is 5.75 Å². The van der Waals surface area contributed by atoms with Gasteiger partial charge in [-0.15, -0.1) is 0 Å². The Balaban J connectivity index is 1.91. The van der Waals surface area contributed by atoms with Crippen LogP contribution in [0.15, 0.2) is 27.4 Å². The van der Waals surface area contributed by atoms with Crippen LogP contribution in [0.5, 0.6) is 5.75 Å². The third kappa shape index (κ3) is 1.60. The number of nitrogens with one attached hydrogen (secondary N) is 1. The Labute approximate surface area is 90.0 Å². The van der Waals surface area contributed by atoms with Gasteiger partial charge in [0, 0.05) is 6.07 Å². The first-order chi connectivity index (χ1) is 7.72. The first-order valence-electron chi connectivity index (χ1n) is 5.07. The summed E-state index contributed by atoms with van der Waals surface area (Å²) in [7, 11) is 0. The number of carbonyl (C=O) groups excluding carboxylic acids is 1. The van der Waals surface area contributed by atoms with Gasteiger partial charge in [-0.05, 0) is 25.0 Å². The quantitative estimate of drug-likeness (QED) is 0.612. The average Bonchev–Trinajstić information content (AvgIpc) is 3.01. The van der Waals surface area contributed by atoms with Crippen molar-refractivity contribution in [1.82, 2.24) is 4.98 Å². The predicted molar refractivity (Wildman–Crippen MR) is 55.2 cm³/mol. The molecule has 3 rings (SSSR count). The minimum atomic E-state index is -0.513. The molecule has 0 atom stereocenters. The van der Waals surface area contributed by atoms with E-state index in [0.717, 1.165) is 12.8 Å². The summed E-state index contributed by atoms with van der Waals surface area (Å²) in [5.41, 5.74) is 0.988. The summed E-state index contributed by atoms with van der Waals surface area (Å²) < 4.78 is 9.99. The normalized spacial score (nSPS) is 15.2. The molecular weight excluding hydrogens is 210 g/mol. The molecule has 1 N–H and O–H groups in total. The van der Waals surface area contributed by atoms with Crippen molar-refractivity contribution in [2.45, 2.75) is 12.8 Å². The van der Waals surface area contributed by atoms with Gasteiger partial charge in [-0.2, -0.15) is 0 Å². The van der Waals surface area contributed by atoms with E-state index in [1.807, 2.05) is 0 Å². The van der Waals surface area contributed by atoms with Crippen molar-refractivity contribution < 1.29 is 13.9 Å². The lowest BCUT2D eigenvalue weighted by atomic mass is 10.3. The lowest BCUT2D eigenvalue weighted by molar-refractivity contribution is -0.135. The number of hydrogen-bond acceptors (Lipinski definition) is 4. The molecule has 1 aliphatic carbocycles. The monoisotopic (exact) mass is 219 g/mol. The number of hydrogen-bond donors (Lipinski definition) is 1. The summed E-state index contributed by atoms with van der Waals surface area (Å²) in [6, 6.07) is 4.79. The van der Waals surface area contributed by atoms with Crippen LogP contribution in [0.25, 0.3) is 11.1 Å². The van der Waals surface area contributed by atoms with E-state index >= 15 is 0 Å². The number of aromatic nitrogens is 1. The predicted octanol–water partition coefficient (Wildman–Crippen LogP) is 1.44. The molecule has 16 heavy (non-hydrogen) atoms. The maximum absolute atomic E-state index is 11.4. The summed E-state index contributed by atoms with van der Waals surface area (Å²) >= 11 is 0. The van der Waals surface area contributed by atoms with Crippen LogP contribution < -0.4 is 10.5 Å². The highest BCUT2D eigenvalue weighted by atomic mass is 16.5. The number of carbonyl (C=O) groups is 1. The van der Waals surface area contributed by atoms with Crippen LogP contribution in [-0.4, -0.2) is 11.0 Å². The number of esters is 1. The van der Waals surface area contributed by atoms with E-state index in [1.54, 1.807) is 18.2 Å². The molecule has 0 radical (unpaired) electrons. The number of oxazole rings is 1. The van der Waals surface area contributed by atoms with E-state index in [9.17, 15) is 9.59 Å². The van der Waals surface area contributed by atoms with Gasteiger partial charge in [-0.3, -0.25) is 9.78 Å². The molecule has 5 heteroatoms. The fourth-order valence-electron chi connectivity index (χ4n) is 1.51. The highest BCUT2D eigenvalue weighted by Crippen LogP contribution is 2.31. The SMILES string of the molecule is O=C(Oc1ccc2oc(=O)[nH]c2c1)C1CC1. The number of H-pyrrole nitrogens is 1. The molecule has 1 aliphatic rings. The van der Waals surface area contributed by atoms with E-state index in [4.69, 9.17) is 9.15 Å². The van der Waals surface area contributed by atoms with Crippen molar-refractivity contribution in [2.75, 3.05) is 0 Å². The van der Waals surface area contributed by atoms with Crippen molar-refractivity contribution >= 4 is 17.1 Å². The van der Waals surface area contributed by atoms with Crippen LogP contribution in [0.4, 0.5) is 0 Å². The standard InChI is InChI=1S/C11H9NO4/c13-10(6-1-2-6)15-7-3-4-9-8(5-7)12-11(14)16-9/h3-6H,1-2H2,(H,12,14). The molecule has 0 amide bonds. The molecule has 2 aromatic rings. The molecule has 0 unspecified atom stereocenters. The van der Waals surface area contributed by atoms with Crippen LogP contribution in [0, 0.1) is 5.92 Å².